The Morgan fingerprint density at radius 3 is 2.38 bits per heavy atom. The zero-order valence-corrected chi connectivity index (χ0v) is 26.1. The molecule has 1 fully saturated rings. The van der Waals surface area contributed by atoms with Crippen molar-refractivity contribution in [2.75, 3.05) is 63.1 Å². The van der Waals surface area contributed by atoms with Gasteiger partial charge in [-0.3, -0.25) is 14.4 Å². The zero-order valence-electron chi connectivity index (χ0n) is 23.6. The molecule has 0 spiro atoms. The summed E-state index contributed by atoms with van der Waals surface area (Å²) in [7, 11) is -0.591. The Hall–Kier alpha value is -3.58. The van der Waals surface area contributed by atoms with Crippen LogP contribution in [0.2, 0.25) is 0 Å². The van der Waals surface area contributed by atoms with Crippen LogP contribution < -0.4 is 24.4 Å². The van der Waals surface area contributed by atoms with Crippen LogP contribution in [0, 0.1) is 6.92 Å². The maximum atomic E-state index is 13.0. The van der Waals surface area contributed by atoms with Gasteiger partial charge in [-0.15, -0.1) is 12.4 Å². The Morgan fingerprint density at radius 2 is 1.69 bits per heavy atom. The number of piperazine rings is 1. The van der Waals surface area contributed by atoms with Crippen molar-refractivity contribution in [3.63, 3.8) is 0 Å². The van der Waals surface area contributed by atoms with Crippen molar-refractivity contribution < 1.29 is 22.7 Å². The van der Waals surface area contributed by atoms with Gasteiger partial charge in [0.15, 0.2) is 16.6 Å². The molecule has 2 heterocycles. The molecule has 4 aromatic rings. The second kappa shape index (κ2) is 13.6. The van der Waals surface area contributed by atoms with Crippen molar-refractivity contribution >= 4 is 60.7 Å². The number of nitrogens with zero attached hydrogens (tertiary/aromatic N) is 3. The van der Waals surface area contributed by atoms with Gasteiger partial charge in [-0.2, -0.15) is 0 Å². The van der Waals surface area contributed by atoms with Gasteiger partial charge in [0.25, 0.3) is 15.9 Å². The van der Waals surface area contributed by atoms with Gasteiger partial charge in [-0.1, -0.05) is 41.2 Å². The number of thiazole rings is 1. The highest BCUT2D eigenvalue weighted by molar-refractivity contribution is 7.92. The summed E-state index contributed by atoms with van der Waals surface area (Å²) >= 11 is 1.63. The van der Waals surface area contributed by atoms with Crippen molar-refractivity contribution in [3.8, 4) is 11.5 Å². The first-order valence-corrected chi connectivity index (χ1v) is 15.5. The lowest BCUT2D eigenvalue weighted by Gasteiger charge is -2.34. The quantitative estimate of drug-likeness (QED) is 0.265. The minimum absolute atomic E-state index is 0. The summed E-state index contributed by atoms with van der Waals surface area (Å²) in [5, 5.41) is 3.89. The van der Waals surface area contributed by atoms with Crippen LogP contribution in [0.25, 0.3) is 10.2 Å². The Kier molecular flexibility index (Phi) is 10.2. The van der Waals surface area contributed by atoms with Gasteiger partial charge in [0.2, 0.25) is 0 Å². The van der Waals surface area contributed by atoms with E-state index in [1.807, 2.05) is 19.1 Å². The Morgan fingerprint density at radius 1 is 0.976 bits per heavy atom. The Balaban J connectivity index is 0.00000405. The molecule has 0 unspecified atom stereocenters. The van der Waals surface area contributed by atoms with Crippen LogP contribution in [-0.4, -0.2) is 77.7 Å². The fourth-order valence-corrected chi connectivity index (χ4v) is 6.81. The summed E-state index contributed by atoms with van der Waals surface area (Å²) in [5.74, 6) is 0.978. The second-order valence-electron chi connectivity index (χ2n) is 9.69. The number of carbonyl (C=O) groups is 1. The minimum Gasteiger partial charge on any atom is -0.493 e. The number of ether oxygens (including phenoxy) is 2. The average Bonchev–Trinajstić information content (AvgIpc) is 3.41. The van der Waals surface area contributed by atoms with Gasteiger partial charge in [0.05, 0.1) is 35.1 Å². The van der Waals surface area contributed by atoms with E-state index in [2.05, 4.69) is 19.8 Å². The van der Waals surface area contributed by atoms with Crippen LogP contribution in [0.1, 0.15) is 15.9 Å². The lowest BCUT2D eigenvalue weighted by atomic mass is 10.1. The number of hydrogen-bond donors (Lipinski definition) is 2. The van der Waals surface area contributed by atoms with Crippen LogP contribution in [0.3, 0.4) is 0 Å². The molecule has 0 saturated carbocycles. The summed E-state index contributed by atoms with van der Waals surface area (Å²) in [6.07, 6.45) is 0. The molecule has 5 rings (SSSR count). The van der Waals surface area contributed by atoms with E-state index in [0.29, 0.717) is 24.6 Å². The number of para-hydroxylation sites is 1. The monoisotopic (exact) mass is 631 g/mol. The molecule has 13 heteroatoms. The third-order valence-corrected chi connectivity index (χ3v) is 9.46. The SMILES string of the molecule is COc1ccc2sc(N3CCN(CCNC(=O)c4ccccc4NS(=O)(=O)c4ccc(C)cc4)CC3)nc2c1OC.Cl. The number of aromatic nitrogens is 1. The lowest BCUT2D eigenvalue weighted by molar-refractivity contribution is 0.0948. The van der Waals surface area contributed by atoms with E-state index >= 15 is 0 Å². The molecule has 224 valence electrons. The number of hydrogen-bond acceptors (Lipinski definition) is 9. The Labute approximate surface area is 256 Å². The summed E-state index contributed by atoms with van der Waals surface area (Å²) in [5.41, 5.74) is 2.28. The molecule has 1 amide bonds. The highest BCUT2D eigenvalue weighted by Crippen LogP contribution is 2.40. The third-order valence-electron chi connectivity index (χ3n) is 6.99. The smallest absolute Gasteiger partial charge is 0.261 e. The fourth-order valence-electron chi connectivity index (χ4n) is 4.71. The average molecular weight is 632 g/mol. The number of benzene rings is 3. The van der Waals surface area contributed by atoms with E-state index in [0.717, 1.165) is 47.1 Å². The van der Waals surface area contributed by atoms with E-state index in [9.17, 15) is 13.2 Å². The summed E-state index contributed by atoms with van der Waals surface area (Å²) in [4.78, 5) is 22.5. The van der Waals surface area contributed by atoms with Crippen molar-refractivity contribution in [2.45, 2.75) is 11.8 Å². The van der Waals surface area contributed by atoms with Crippen LogP contribution in [0.4, 0.5) is 10.8 Å². The molecular weight excluding hydrogens is 598 g/mol. The molecule has 1 aliphatic heterocycles. The third kappa shape index (κ3) is 6.89. The predicted octanol–water partition coefficient (Wildman–Crippen LogP) is 4.40. The van der Waals surface area contributed by atoms with Gasteiger partial charge >= 0.3 is 0 Å². The number of rotatable bonds is 10. The van der Waals surface area contributed by atoms with Gasteiger partial charge in [0, 0.05) is 39.3 Å². The lowest BCUT2D eigenvalue weighted by Crippen LogP contribution is -2.48. The van der Waals surface area contributed by atoms with E-state index in [1.54, 1.807) is 74.1 Å². The highest BCUT2D eigenvalue weighted by Gasteiger charge is 2.23. The molecule has 0 radical (unpaired) electrons. The van der Waals surface area contributed by atoms with E-state index in [4.69, 9.17) is 14.5 Å². The maximum Gasteiger partial charge on any atom is 0.261 e. The Bertz CT molecular complexity index is 1640. The van der Waals surface area contributed by atoms with Gasteiger partial charge in [-0.25, -0.2) is 13.4 Å². The van der Waals surface area contributed by atoms with Gasteiger partial charge < -0.3 is 19.7 Å². The number of anilines is 2. The second-order valence-corrected chi connectivity index (χ2v) is 12.4. The maximum absolute atomic E-state index is 13.0. The normalized spacial score (nSPS) is 13.8. The number of sulfonamides is 1. The first-order valence-electron chi connectivity index (χ1n) is 13.2. The number of methoxy groups -OCH3 is 2. The van der Waals surface area contributed by atoms with Crippen molar-refractivity contribution in [1.82, 2.24) is 15.2 Å². The number of carbonyl (C=O) groups excluding carboxylic acids is 1. The largest absolute Gasteiger partial charge is 0.493 e. The van der Waals surface area contributed by atoms with Crippen molar-refractivity contribution in [2.24, 2.45) is 0 Å². The number of fused-ring (bicyclic) bond motifs is 1. The van der Waals surface area contributed by atoms with E-state index < -0.39 is 10.0 Å². The summed E-state index contributed by atoms with van der Waals surface area (Å²) < 4.78 is 40.3. The highest BCUT2D eigenvalue weighted by atomic mass is 35.5. The first-order chi connectivity index (χ1) is 19.8. The molecule has 1 aliphatic rings. The molecule has 0 atom stereocenters. The molecule has 10 nitrogen and oxygen atoms in total. The number of halogens is 1. The van der Waals surface area contributed by atoms with Gasteiger partial charge in [-0.05, 0) is 43.3 Å². The molecule has 2 N–H and O–H groups in total. The predicted molar refractivity (Wildman–Crippen MR) is 169 cm³/mol. The number of aryl methyl sites for hydroxylation is 1. The van der Waals surface area contributed by atoms with Crippen LogP contribution in [0.15, 0.2) is 65.6 Å². The first kappa shape index (κ1) is 31.4. The van der Waals surface area contributed by atoms with Crippen LogP contribution in [-0.2, 0) is 10.0 Å². The van der Waals surface area contributed by atoms with Crippen LogP contribution >= 0.6 is 23.7 Å². The molecule has 1 saturated heterocycles. The van der Waals surface area contributed by atoms with Crippen molar-refractivity contribution in [1.29, 1.82) is 0 Å². The topological polar surface area (TPSA) is 113 Å². The zero-order chi connectivity index (χ0) is 29.0. The molecule has 0 bridgehead atoms. The molecule has 3 aromatic carbocycles. The molecule has 42 heavy (non-hydrogen) atoms. The molecular formula is C29H34ClN5O5S2. The summed E-state index contributed by atoms with van der Waals surface area (Å²) in [6.45, 7) is 6.31. The van der Waals surface area contributed by atoms with E-state index in [-0.39, 0.29) is 34.5 Å². The van der Waals surface area contributed by atoms with Gasteiger partial charge in [0.1, 0.15) is 5.52 Å². The fraction of sp³-hybridized carbons (Fsp3) is 0.310. The minimum atomic E-state index is -3.83. The molecule has 1 aromatic heterocycles. The van der Waals surface area contributed by atoms with Crippen molar-refractivity contribution in [3.05, 3.63) is 71.8 Å². The number of nitrogens with one attached hydrogen (secondary N) is 2. The number of amides is 1. The summed E-state index contributed by atoms with van der Waals surface area (Å²) in [6, 6.07) is 17.1. The molecule has 0 aliphatic carbocycles. The van der Waals surface area contributed by atoms with Crippen LogP contribution in [0.5, 0.6) is 11.5 Å². The van der Waals surface area contributed by atoms with E-state index in [1.165, 1.54) is 0 Å². The standard InChI is InChI=1S/C29H33N5O5S2.ClH/c1-20-8-10-21(11-9-20)41(36,37)32-23-7-5-4-6-22(23)28(35)30-14-15-33-16-18-34(19-17-33)29-31-26-25(40-29)13-12-24(38-2)27(26)39-3;/h4-13,32H,14-19H2,1-3H3,(H,30,35);1H.